The molecule has 26 heavy (non-hydrogen) atoms. The summed E-state index contributed by atoms with van der Waals surface area (Å²) in [6, 6.07) is 9.84. The normalized spacial score (nSPS) is 11.5. The Balaban J connectivity index is 1.61. The summed E-state index contributed by atoms with van der Waals surface area (Å²) in [5.74, 6) is 1.79. The first-order valence-corrected chi connectivity index (χ1v) is 9.65. The molecule has 2 aromatic heterocycles. The summed E-state index contributed by atoms with van der Waals surface area (Å²) >= 11 is 5.94. The number of rotatable bonds is 7. The Labute approximate surface area is 156 Å². The molecular weight excluding hydrogens is 376 g/mol. The van der Waals surface area contributed by atoms with Gasteiger partial charge in [-0.2, -0.15) is 5.10 Å². The molecular formula is C16H17ClN6O2S. The van der Waals surface area contributed by atoms with Gasteiger partial charge in [0.05, 0.1) is 5.02 Å². The number of nitrogens with zero attached hydrogens (tertiary/aromatic N) is 4. The number of aryl methyl sites for hydroxylation is 1. The van der Waals surface area contributed by atoms with E-state index in [1.165, 1.54) is 12.1 Å². The molecule has 8 nitrogen and oxygen atoms in total. The zero-order chi connectivity index (χ0) is 18.6. The number of hydrogen-bond acceptors (Lipinski definition) is 6. The highest BCUT2D eigenvalue weighted by atomic mass is 35.5. The van der Waals surface area contributed by atoms with Crippen LogP contribution in [0.25, 0.3) is 5.82 Å². The number of halogens is 1. The van der Waals surface area contributed by atoms with Gasteiger partial charge in [-0.3, -0.25) is 0 Å². The second-order valence-electron chi connectivity index (χ2n) is 5.36. The molecule has 1 aromatic carbocycles. The summed E-state index contributed by atoms with van der Waals surface area (Å²) in [5.41, 5.74) is 0. The van der Waals surface area contributed by atoms with E-state index in [-0.39, 0.29) is 16.5 Å². The number of sulfonamides is 1. The minimum absolute atomic E-state index is 0.0560. The van der Waals surface area contributed by atoms with Crippen molar-refractivity contribution in [1.29, 1.82) is 0 Å². The first-order valence-electron chi connectivity index (χ1n) is 7.79. The van der Waals surface area contributed by atoms with E-state index in [4.69, 9.17) is 11.6 Å². The maximum absolute atomic E-state index is 12.3. The molecule has 0 amide bonds. The van der Waals surface area contributed by atoms with Gasteiger partial charge in [0.1, 0.15) is 16.5 Å². The van der Waals surface area contributed by atoms with Crippen molar-refractivity contribution in [3.8, 4) is 5.82 Å². The molecule has 2 N–H and O–H groups in total. The second kappa shape index (κ2) is 7.81. The quantitative estimate of drug-likeness (QED) is 0.596. The third kappa shape index (κ3) is 4.37. The maximum atomic E-state index is 12.3. The number of nitrogens with one attached hydrogen (secondary N) is 2. The van der Waals surface area contributed by atoms with Crippen LogP contribution in [-0.2, 0) is 10.0 Å². The molecule has 10 heteroatoms. The van der Waals surface area contributed by atoms with Crippen molar-refractivity contribution < 1.29 is 8.42 Å². The van der Waals surface area contributed by atoms with Gasteiger partial charge < -0.3 is 5.32 Å². The van der Waals surface area contributed by atoms with Crippen LogP contribution in [0.3, 0.4) is 0 Å². The van der Waals surface area contributed by atoms with Crippen molar-refractivity contribution in [2.24, 2.45) is 0 Å². The average molecular weight is 393 g/mol. The molecule has 0 aliphatic heterocycles. The van der Waals surface area contributed by atoms with E-state index in [0.29, 0.717) is 24.0 Å². The van der Waals surface area contributed by atoms with Crippen molar-refractivity contribution in [2.45, 2.75) is 11.8 Å². The van der Waals surface area contributed by atoms with Crippen LogP contribution in [0.2, 0.25) is 5.02 Å². The van der Waals surface area contributed by atoms with Crippen LogP contribution in [-0.4, -0.2) is 41.3 Å². The average Bonchev–Trinajstić information content (AvgIpc) is 3.13. The van der Waals surface area contributed by atoms with Crippen molar-refractivity contribution in [2.75, 3.05) is 18.4 Å². The maximum Gasteiger partial charge on any atom is 0.242 e. The predicted molar refractivity (Wildman–Crippen MR) is 99.0 cm³/mol. The molecule has 0 unspecified atom stereocenters. The van der Waals surface area contributed by atoms with Gasteiger partial charge in [0.25, 0.3) is 0 Å². The van der Waals surface area contributed by atoms with Gasteiger partial charge in [0.15, 0.2) is 5.82 Å². The molecule has 0 saturated heterocycles. The molecule has 3 aromatic rings. The summed E-state index contributed by atoms with van der Waals surface area (Å²) in [5, 5.41) is 7.39. The Morgan fingerprint density at radius 1 is 1.15 bits per heavy atom. The Morgan fingerprint density at radius 3 is 2.69 bits per heavy atom. The van der Waals surface area contributed by atoms with Crippen molar-refractivity contribution in [1.82, 2.24) is 24.5 Å². The monoisotopic (exact) mass is 392 g/mol. The molecule has 0 bridgehead atoms. The van der Waals surface area contributed by atoms with Gasteiger partial charge in [0, 0.05) is 31.5 Å². The van der Waals surface area contributed by atoms with Crippen LogP contribution in [0.15, 0.2) is 53.7 Å². The third-order valence-corrected chi connectivity index (χ3v) is 5.37. The lowest BCUT2D eigenvalue weighted by Crippen LogP contribution is -2.29. The minimum Gasteiger partial charge on any atom is -0.369 e. The number of anilines is 1. The van der Waals surface area contributed by atoms with Crippen LogP contribution in [0.4, 0.5) is 5.82 Å². The van der Waals surface area contributed by atoms with Crippen molar-refractivity contribution in [3.63, 3.8) is 0 Å². The van der Waals surface area contributed by atoms with E-state index < -0.39 is 10.0 Å². The predicted octanol–water partition coefficient (Wildman–Crippen LogP) is 2.01. The lowest BCUT2D eigenvalue weighted by atomic mass is 10.4. The molecule has 0 spiro atoms. The molecule has 0 saturated carbocycles. The lowest BCUT2D eigenvalue weighted by molar-refractivity contribution is 0.583. The van der Waals surface area contributed by atoms with E-state index in [0.717, 1.165) is 0 Å². The largest absolute Gasteiger partial charge is 0.369 e. The van der Waals surface area contributed by atoms with Crippen LogP contribution >= 0.6 is 11.6 Å². The molecule has 136 valence electrons. The van der Waals surface area contributed by atoms with Gasteiger partial charge in [-0.05, 0) is 25.1 Å². The summed E-state index contributed by atoms with van der Waals surface area (Å²) in [6.07, 6.45) is 3.44. The summed E-state index contributed by atoms with van der Waals surface area (Å²) < 4.78 is 28.7. The second-order valence-corrected chi connectivity index (χ2v) is 7.51. The molecule has 3 rings (SSSR count). The lowest BCUT2D eigenvalue weighted by Gasteiger charge is -2.10. The first kappa shape index (κ1) is 18.3. The van der Waals surface area contributed by atoms with Crippen LogP contribution < -0.4 is 10.0 Å². The van der Waals surface area contributed by atoms with Crippen molar-refractivity contribution >= 4 is 27.4 Å². The fraction of sp³-hybridized carbons (Fsp3) is 0.188. The Kier molecular flexibility index (Phi) is 5.50. The SMILES string of the molecule is Cc1nc(NCCNS(=O)(=O)c2ccccc2Cl)cc(-n2cccn2)n1. The fourth-order valence-electron chi connectivity index (χ4n) is 2.28. The Morgan fingerprint density at radius 2 is 1.96 bits per heavy atom. The molecule has 0 aliphatic rings. The molecule has 0 radical (unpaired) electrons. The molecule has 0 atom stereocenters. The van der Waals surface area contributed by atoms with Gasteiger partial charge in [0.2, 0.25) is 10.0 Å². The van der Waals surface area contributed by atoms with Crippen molar-refractivity contribution in [3.05, 3.63) is 59.6 Å². The number of benzene rings is 1. The zero-order valence-corrected chi connectivity index (χ0v) is 15.5. The molecule has 2 heterocycles. The smallest absolute Gasteiger partial charge is 0.242 e. The van der Waals surface area contributed by atoms with Gasteiger partial charge in [-0.1, -0.05) is 23.7 Å². The summed E-state index contributed by atoms with van der Waals surface area (Å²) in [7, 11) is -3.67. The van der Waals surface area contributed by atoms with Gasteiger partial charge >= 0.3 is 0 Å². The van der Waals surface area contributed by atoms with E-state index in [1.54, 1.807) is 48.3 Å². The van der Waals surface area contributed by atoms with E-state index in [2.05, 4.69) is 25.1 Å². The number of hydrogen-bond donors (Lipinski definition) is 2. The van der Waals surface area contributed by atoms with Gasteiger partial charge in [-0.25, -0.2) is 27.8 Å². The summed E-state index contributed by atoms with van der Waals surface area (Å²) in [4.78, 5) is 8.66. The first-order chi connectivity index (χ1) is 12.5. The van der Waals surface area contributed by atoms with Crippen LogP contribution in [0.5, 0.6) is 0 Å². The third-order valence-electron chi connectivity index (χ3n) is 3.41. The van der Waals surface area contributed by atoms with Crippen LogP contribution in [0, 0.1) is 6.92 Å². The Hall–Kier alpha value is -2.49. The fourth-order valence-corrected chi connectivity index (χ4v) is 3.83. The molecule has 0 fully saturated rings. The topological polar surface area (TPSA) is 102 Å². The highest BCUT2D eigenvalue weighted by Crippen LogP contribution is 2.19. The Bertz CT molecular complexity index is 992. The van der Waals surface area contributed by atoms with Crippen LogP contribution in [0.1, 0.15) is 5.82 Å². The highest BCUT2D eigenvalue weighted by molar-refractivity contribution is 7.89. The van der Waals surface area contributed by atoms with E-state index >= 15 is 0 Å². The van der Waals surface area contributed by atoms with E-state index in [9.17, 15) is 8.42 Å². The van der Waals surface area contributed by atoms with Gasteiger partial charge in [-0.15, -0.1) is 0 Å². The number of aromatic nitrogens is 4. The molecule has 0 aliphatic carbocycles. The summed E-state index contributed by atoms with van der Waals surface area (Å²) in [6.45, 7) is 2.30. The highest BCUT2D eigenvalue weighted by Gasteiger charge is 2.16. The minimum atomic E-state index is -3.67. The zero-order valence-electron chi connectivity index (χ0n) is 13.9. The van der Waals surface area contributed by atoms with E-state index in [1.807, 2.05) is 0 Å². The standard InChI is InChI=1S/C16H17ClN6O2S/c1-12-21-15(11-16(22-12)23-10-4-7-19-23)18-8-9-20-26(24,25)14-6-3-2-5-13(14)17/h2-7,10-11,20H,8-9H2,1H3,(H,18,21,22).